The van der Waals surface area contributed by atoms with E-state index < -0.39 is 0 Å². The first-order valence-electron chi connectivity index (χ1n) is 6.77. The molecular weight excluding hydrogens is 254 g/mol. The zero-order valence-electron chi connectivity index (χ0n) is 11.6. The van der Waals surface area contributed by atoms with Crippen molar-refractivity contribution < 1.29 is 14.3 Å². The van der Waals surface area contributed by atoms with Gasteiger partial charge in [0.1, 0.15) is 0 Å². The lowest BCUT2D eigenvalue weighted by Crippen LogP contribution is -2.28. The second-order valence-corrected chi connectivity index (χ2v) is 4.94. The molecule has 1 atom stereocenters. The lowest BCUT2D eigenvalue weighted by molar-refractivity contribution is -0.116. The van der Waals surface area contributed by atoms with Crippen molar-refractivity contribution in [3.8, 4) is 0 Å². The number of amides is 1. The van der Waals surface area contributed by atoms with Crippen LogP contribution in [0.4, 0.5) is 0 Å². The summed E-state index contributed by atoms with van der Waals surface area (Å²) in [5.41, 5.74) is 2.96. The van der Waals surface area contributed by atoms with E-state index in [4.69, 9.17) is 4.74 Å². The molecule has 1 aliphatic rings. The number of aryl methyl sites for hydroxylation is 1. The maximum Gasteiger partial charge on any atom is 0.337 e. The minimum atomic E-state index is -0.327. The fraction of sp³-hybridized carbons (Fsp3) is 0.375. The van der Waals surface area contributed by atoms with Crippen LogP contribution < -0.4 is 5.32 Å². The van der Waals surface area contributed by atoms with E-state index in [2.05, 4.69) is 11.9 Å². The highest BCUT2D eigenvalue weighted by Crippen LogP contribution is 2.32. The standard InChI is InChI=1S/C16H19NO3/c1-3-15(18)17-10-13-6-4-5-11-7-8-12(9-14(11)13)16(19)20-2/h3,7-9,13H,1,4-6,10H2,2H3,(H,17,18). The minimum Gasteiger partial charge on any atom is -0.465 e. The Morgan fingerprint density at radius 3 is 3.00 bits per heavy atom. The van der Waals surface area contributed by atoms with Gasteiger partial charge in [-0.2, -0.15) is 0 Å². The molecular formula is C16H19NO3. The first-order chi connectivity index (χ1) is 9.65. The molecule has 1 aromatic rings. The average Bonchev–Trinajstić information content (AvgIpc) is 2.51. The quantitative estimate of drug-likeness (QED) is 0.676. The zero-order valence-corrected chi connectivity index (χ0v) is 11.6. The molecule has 1 N–H and O–H groups in total. The summed E-state index contributed by atoms with van der Waals surface area (Å²) in [6.07, 6.45) is 4.39. The van der Waals surface area contributed by atoms with Crippen LogP contribution >= 0.6 is 0 Å². The van der Waals surface area contributed by atoms with E-state index in [0.29, 0.717) is 12.1 Å². The minimum absolute atomic E-state index is 0.166. The van der Waals surface area contributed by atoms with Crippen molar-refractivity contribution >= 4 is 11.9 Å². The highest BCUT2D eigenvalue weighted by molar-refractivity contribution is 5.89. The smallest absolute Gasteiger partial charge is 0.337 e. The molecule has 4 nitrogen and oxygen atoms in total. The van der Waals surface area contributed by atoms with Gasteiger partial charge < -0.3 is 10.1 Å². The van der Waals surface area contributed by atoms with Gasteiger partial charge in [-0.1, -0.05) is 12.6 Å². The average molecular weight is 273 g/mol. The molecule has 0 saturated heterocycles. The molecule has 0 heterocycles. The summed E-state index contributed by atoms with van der Waals surface area (Å²) < 4.78 is 4.76. The van der Waals surface area contributed by atoms with Crippen LogP contribution in [0.15, 0.2) is 30.9 Å². The SMILES string of the molecule is C=CC(=O)NCC1CCCc2ccc(C(=O)OC)cc21. The maximum absolute atomic E-state index is 11.6. The Bertz CT molecular complexity index is 537. The van der Waals surface area contributed by atoms with Crippen molar-refractivity contribution in [2.45, 2.75) is 25.2 Å². The molecule has 1 unspecified atom stereocenters. The summed E-state index contributed by atoms with van der Waals surface area (Å²) in [7, 11) is 1.38. The van der Waals surface area contributed by atoms with Crippen LogP contribution in [-0.2, 0) is 16.0 Å². The summed E-state index contributed by atoms with van der Waals surface area (Å²) in [5.74, 6) is -0.249. The van der Waals surface area contributed by atoms with Crippen molar-refractivity contribution in [3.63, 3.8) is 0 Å². The second kappa shape index (κ2) is 6.37. The van der Waals surface area contributed by atoms with Crippen LogP contribution in [0.2, 0.25) is 0 Å². The van der Waals surface area contributed by atoms with Gasteiger partial charge in [-0.25, -0.2) is 4.79 Å². The Morgan fingerprint density at radius 2 is 2.30 bits per heavy atom. The third kappa shape index (κ3) is 3.07. The number of benzene rings is 1. The van der Waals surface area contributed by atoms with E-state index in [0.717, 1.165) is 24.8 Å². The lowest BCUT2D eigenvalue weighted by Gasteiger charge is -2.26. The molecule has 0 aromatic heterocycles. The first-order valence-corrected chi connectivity index (χ1v) is 6.77. The van der Waals surface area contributed by atoms with E-state index in [1.807, 2.05) is 12.1 Å². The monoisotopic (exact) mass is 273 g/mol. The Kier molecular flexibility index (Phi) is 4.56. The van der Waals surface area contributed by atoms with Gasteiger partial charge in [0.25, 0.3) is 0 Å². The normalized spacial score (nSPS) is 16.9. The Morgan fingerprint density at radius 1 is 1.50 bits per heavy atom. The Balaban J connectivity index is 2.21. The third-order valence-corrected chi connectivity index (χ3v) is 3.71. The molecule has 0 aliphatic heterocycles. The summed E-state index contributed by atoms with van der Waals surface area (Å²) in [6.45, 7) is 4.02. The molecule has 0 saturated carbocycles. The topological polar surface area (TPSA) is 55.4 Å². The highest BCUT2D eigenvalue weighted by Gasteiger charge is 2.22. The van der Waals surface area contributed by atoms with Gasteiger partial charge in [0, 0.05) is 12.5 Å². The number of hydrogen-bond acceptors (Lipinski definition) is 3. The molecule has 1 amide bonds. The molecule has 0 radical (unpaired) electrons. The fourth-order valence-electron chi connectivity index (χ4n) is 2.65. The van der Waals surface area contributed by atoms with Crippen molar-refractivity contribution in [1.29, 1.82) is 0 Å². The number of carbonyl (C=O) groups is 2. The number of esters is 1. The first kappa shape index (κ1) is 14.3. The largest absolute Gasteiger partial charge is 0.465 e. The van der Waals surface area contributed by atoms with Crippen LogP contribution in [-0.4, -0.2) is 25.5 Å². The van der Waals surface area contributed by atoms with E-state index in [-0.39, 0.29) is 17.8 Å². The van der Waals surface area contributed by atoms with Crippen LogP contribution in [0.25, 0.3) is 0 Å². The van der Waals surface area contributed by atoms with E-state index in [1.165, 1.54) is 18.7 Å². The number of carbonyl (C=O) groups excluding carboxylic acids is 2. The van der Waals surface area contributed by atoms with Gasteiger partial charge in [-0.3, -0.25) is 4.79 Å². The Labute approximate surface area is 118 Å². The van der Waals surface area contributed by atoms with Gasteiger partial charge in [0.2, 0.25) is 5.91 Å². The lowest BCUT2D eigenvalue weighted by atomic mass is 9.82. The summed E-state index contributed by atoms with van der Waals surface area (Å²) in [6, 6.07) is 5.68. The van der Waals surface area contributed by atoms with Crippen LogP contribution in [0.5, 0.6) is 0 Å². The van der Waals surface area contributed by atoms with Gasteiger partial charge in [0.05, 0.1) is 12.7 Å². The van der Waals surface area contributed by atoms with Crippen molar-refractivity contribution in [3.05, 3.63) is 47.5 Å². The molecule has 0 bridgehead atoms. The van der Waals surface area contributed by atoms with Gasteiger partial charge >= 0.3 is 5.97 Å². The summed E-state index contributed by atoms with van der Waals surface area (Å²) >= 11 is 0. The fourth-order valence-corrected chi connectivity index (χ4v) is 2.65. The third-order valence-electron chi connectivity index (χ3n) is 3.71. The van der Waals surface area contributed by atoms with Crippen LogP contribution in [0.1, 0.15) is 40.2 Å². The number of fused-ring (bicyclic) bond motifs is 1. The summed E-state index contributed by atoms with van der Waals surface area (Å²) in [4.78, 5) is 22.9. The molecule has 4 heteroatoms. The molecule has 20 heavy (non-hydrogen) atoms. The summed E-state index contributed by atoms with van der Waals surface area (Å²) in [5, 5.41) is 2.83. The highest BCUT2D eigenvalue weighted by atomic mass is 16.5. The van der Waals surface area contributed by atoms with Crippen molar-refractivity contribution in [1.82, 2.24) is 5.32 Å². The predicted octanol–water partition coefficient (Wildman–Crippen LogP) is 2.20. The van der Waals surface area contributed by atoms with E-state index in [9.17, 15) is 9.59 Å². The van der Waals surface area contributed by atoms with Gasteiger partial charge in [-0.15, -0.1) is 0 Å². The zero-order chi connectivity index (χ0) is 14.5. The molecule has 0 fully saturated rings. The van der Waals surface area contributed by atoms with Gasteiger partial charge in [-0.05, 0) is 48.6 Å². The Hall–Kier alpha value is -2.10. The number of ether oxygens (including phenoxy) is 1. The number of methoxy groups -OCH3 is 1. The van der Waals surface area contributed by atoms with Crippen LogP contribution in [0, 0.1) is 0 Å². The predicted molar refractivity (Wildman–Crippen MR) is 76.7 cm³/mol. The van der Waals surface area contributed by atoms with Crippen molar-refractivity contribution in [2.75, 3.05) is 13.7 Å². The maximum atomic E-state index is 11.6. The van der Waals surface area contributed by atoms with Crippen LogP contribution in [0.3, 0.4) is 0 Å². The van der Waals surface area contributed by atoms with E-state index in [1.54, 1.807) is 6.07 Å². The second-order valence-electron chi connectivity index (χ2n) is 4.94. The molecule has 1 aliphatic carbocycles. The molecule has 0 spiro atoms. The molecule has 2 rings (SSSR count). The van der Waals surface area contributed by atoms with Crippen molar-refractivity contribution in [2.24, 2.45) is 0 Å². The number of rotatable bonds is 4. The van der Waals surface area contributed by atoms with E-state index >= 15 is 0 Å². The number of nitrogens with one attached hydrogen (secondary N) is 1. The molecule has 1 aromatic carbocycles. The molecule has 106 valence electrons. The number of hydrogen-bond donors (Lipinski definition) is 1. The van der Waals surface area contributed by atoms with Gasteiger partial charge in [0.15, 0.2) is 0 Å².